The van der Waals surface area contributed by atoms with E-state index in [9.17, 15) is 4.79 Å². The SMILES string of the molecule is CN1CCNC(=O)c2cccc(c2)-c2cnc3ccc(nn23)NCC1. The number of hydrogen-bond donors (Lipinski definition) is 2. The third-order valence-electron chi connectivity index (χ3n) is 4.36. The predicted molar refractivity (Wildman–Crippen MR) is 96.7 cm³/mol. The molecule has 128 valence electrons. The van der Waals surface area contributed by atoms with Crippen molar-refractivity contribution < 1.29 is 4.79 Å². The Balaban J connectivity index is 1.80. The largest absolute Gasteiger partial charge is 0.367 e. The average molecular weight is 336 g/mol. The molecule has 7 nitrogen and oxygen atoms in total. The lowest BCUT2D eigenvalue weighted by molar-refractivity contribution is 0.0950. The second kappa shape index (κ2) is 6.52. The number of likely N-dealkylation sites (N-methyl/N-ethyl adjacent to an activating group) is 1. The van der Waals surface area contributed by atoms with Crippen molar-refractivity contribution >= 4 is 17.4 Å². The number of rotatable bonds is 0. The monoisotopic (exact) mass is 336 g/mol. The highest BCUT2D eigenvalue weighted by Crippen LogP contribution is 2.22. The summed E-state index contributed by atoms with van der Waals surface area (Å²) in [5, 5.41) is 11.0. The fourth-order valence-corrected chi connectivity index (χ4v) is 2.93. The third-order valence-corrected chi connectivity index (χ3v) is 4.36. The van der Waals surface area contributed by atoms with Gasteiger partial charge in [-0.2, -0.15) is 0 Å². The Morgan fingerprint density at radius 3 is 2.72 bits per heavy atom. The first-order valence-corrected chi connectivity index (χ1v) is 8.36. The number of nitrogens with zero attached hydrogens (tertiary/aromatic N) is 4. The molecular formula is C18H20N6O. The molecule has 1 amide bonds. The van der Waals surface area contributed by atoms with Crippen molar-refractivity contribution in [1.29, 1.82) is 0 Å². The number of nitrogens with one attached hydrogen (secondary N) is 2. The van der Waals surface area contributed by atoms with Crippen molar-refractivity contribution in [1.82, 2.24) is 24.8 Å². The van der Waals surface area contributed by atoms with Crippen LogP contribution >= 0.6 is 0 Å². The van der Waals surface area contributed by atoms with Crippen LogP contribution in [0.15, 0.2) is 42.6 Å². The number of carbonyl (C=O) groups excluding carboxylic acids is 1. The third kappa shape index (κ3) is 3.18. The molecule has 0 unspecified atom stereocenters. The Hall–Kier alpha value is -2.93. The van der Waals surface area contributed by atoms with Gasteiger partial charge in [0.15, 0.2) is 5.65 Å². The van der Waals surface area contributed by atoms with Crippen molar-refractivity contribution in [2.75, 3.05) is 38.5 Å². The van der Waals surface area contributed by atoms with Crippen LogP contribution in [0.1, 0.15) is 10.4 Å². The van der Waals surface area contributed by atoms with E-state index in [2.05, 4.69) is 25.6 Å². The molecule has 2 aromatic heterocycles. The molecule has 25 heavy (non-hydrogen) atoms. The standard InChI is InChI=1S/C18H20N6O/c1-23-9-7-19-16-5-6-17-21-12-15(24(17)22-16)13-3-2-4-14(11-13)18(25)20-8-10-23/h2-6,11-12H,7-10H2,1H3,(H,19,22)(H,20,25). The van der Waals surface area contributed by atoms with Crippen molar-refractivity contribution in [3.05, 3.63) is 48.2 Å². The maximum Gasteiger partial charge on any atom is 0.251 e. The van der Waals surface area contributed by atoms with E-state index in [1.54, 1.807) is 6.20 Å². The number of aromatic nitrogens is 3. The Bertz CT molecular complexity index is 919. The molecule has 2 N–H and O–H groups in total. The summed E-state index contributed by atoms with van der Waals surface area (Å²) in [6.07, 6.45) is 1.79. The fourth-order valence-electron chi connectivity index (χ4n) is 2.93. The van der Waals surface area contributed by atoms with E-state index < -0.39 is 0 Å². The van der Waals surface area contributed by atoms with E-state index in [1.807, 2.05) is 48.0 Å². The summed E-state index contributed by atoms with van der Waals surface area (Å²) in [5.74, 6) is 0.742. The maximum atomic E-state index is 12.4. The summed E-state index contributed by atoms with van der Waals surface area (Å²) in [4.78, 5) is 19.0. The number of benzene rings is 1. The molecule has 1 aliphatic rings. The molecule has 0 atom stereocenters. The molecule has 1 aliphatic heterocycles. The first kappa shape index (κ1) is 15.6. The van der Waals surface area contributed by atoms with Gasteiger partial charge >= 0.3 is 0 Å². The Morgan fingerprint density at radius 1 is 1.04 bits per heavy atom. The summed E-state index contributed by atoms with van der Waals surface area (Å²) in [6, 6.07) is 11.4. The van der Waals surface area contributed by atoms with Crippen LogP contribution in [-0.4, -0.2) is 58.6 Å². The topological polar surface area (TPSA) is 74.6 Å². The molecule has 3 heterocycles. The minimum Gasteiger partial charge on any atom is -0.367 e. The second-order valence-corrected chi connectivity index (χ2v) is 6.20. The minimum atomic E-state index is -0.0642. The lowest BCUT2D eigenvalue weighted by atomic mass is 10.1. The van der Waals surface area contributed by atoms with Gasteiger partial charge in [-0.3, -0.25) is 4.79 Å². The summed E-state index contributed by atoms with van der Waals surface area (Å²) in [6.45, 7) is 3.05. The van der Waals surface area contributed by atoms with Gasteiger partial charge in [-0.15, -0.1) is 5.10 Å². The van der Waals surface area contributed by atoms with Crippen LogP contribution in [0, 0.1) is 0 Å². The highest BCUT2D eigenvalue weighted by atomic mass is 16.1. The molecule has 4 rings (SSSR count). The van der Waals surface area contributed by atoms with Gasteiger partial charge in [-0.05, 0) is 31.3 Å². The number of carbonyl (C=O) groups is 1. The second-order valence-electron chi connectivity index (χ2n) is 6.20. The number of imidazole rings is 1. The van der Waals surface area contributed by atoms with E-state index >= 15 is 0 Å². The van der Waals surface area contributed by atoms with E-state index in [-0.39, 0.29) is 5.91 Å². The van der Waals surface area contributed by atoms with Gasteiger partial charge in [0.05, 0.1) is 11.9 Å². The van der Waals surface area contributed by atoms with Crippen LogP contribution in [0.3, 0.4) is 0 Å². The molecule has 0 aliphatic carbocycles. The van der Waals surface area contributed by atoms with Gasteiger partial charge in [0.1, 0.15) is 5.82 Å². The average Bonchev–Trinajstić information content (AvgIpc) is 3.04. The smallest absolute Gasteiger partial charge is 0.251 e. The lowest BCUT2D eigenvalue weighted by Gasteiger charge is -2.17. The van der Waals surface area contributed by atoms with E-state index in [1.165, 1.54) is 0 Å². The Morgan fingerprint density at radius 2 is 1.84 bits per heavy atom. The Kier molecular flexibility index (Phi) is 4.07. The van der Waals surface area contributed by atoms with Gasteiger partial charge in [-0.1, -0.05) is 12.1 Å². The first-order chi connectivity index (χ1) is 12.2. The van der Waals surface area contributed by atoms with Gasteiger partial charge in [-0.25, -0.2) is 9.50 Å². The van der Waals surface area contributed by atoms with Crippen molar-refractivity contribution in [3.8, 4) is 11.3 Å². The summed E-state index contributed by atoms with van der Waals surface area (Å²) >= 11 is 0. The van der Waals surface area contributed by atoms with Crippen LogP contribution in [0.25, 0.3) is 16.9 Å². The fraction of sp³-hybridized carbons (Fsp3) is 0.278. The molecule has 3 aromatic rings. The lowest BCUT2D eigenvalue weighted by Crippen LogP contribution is -2.35. The van der Waals surface area contributed by atoms with E-state index in [0.717, 1.165) is 42.4 Å². The van der Waals surface area contributed by atoms with Gasteiger partial charge in [0.25, 0.3) is 5.91 Å². The minimum absolute atomic E-state index is 0.0642. The number of hydrogen-bond acceptors (Lipinski definition) is 5. The molecule has 7 heteroatoms. The molecule has 0 fully saturated rings. The van der Waals surface area contributed by atoms with Gasteiger partial charge in [0, 0.05) is 37.3 Å². The normalized spacial score (nSPS) is 16.1. The predicted octanol–water partition coefficient (Wildman–Crippen LogP) is 1.48. The number of amides is 1. The summed E-state index contributed by atoms with van der Waals surface area (Å²) < 4.78 is 1.81. The van der Waals surface area contributed by atoms with E-state index in [4.69, 9.17) is 0 Å². The van der Waals surface area contributed by atoms with Crippen LogP contribution < -0.4 is 10.6 Å². The van der Waals surface area contributed by atoms with Crippen molar-refractivity contribution in [2.24, 2.45) is 0 Å². The molecule has 0 saturated carbocycles. The van der Waals surface area contributed by atoms with Crippen molar-refractivity contribution in [2.45, 2.75) is 0 Å². The highest BCUT2D eigenvalue weighted by Gasteiger charge is 2.12. The Labute approximate surface area is 145 Å². The quantitative estimate of drug-likeness (QED) is 0.650. The zero-order chi connectivity index (χ0) is 17.2. The highest BCUT2D eigenvalue weighted by molar-refractivity contribution is 5.95. The molecule has 4 bridgehead atoms. The van der Waals surface area contributed by atoms with Crippen LogP contribution in [0.4, 0.5) is 5.82 Å². The van der Waals surface area contributed by atoms with Crippen LogP contribution in [0.5, 0.6) is 0 Å². The zero-order valence-corrected chi connectivity index (χ0v) is 14.1. The molecule has 0 saturated heterocycles. The number of fused-ring (bicyclic) bond motifs is 4. The zero-order valence-electron chi connectivity index (χ0n) is 14.1. The van der Waals surface area contributed by atoms with Gasteiger partial charge in [0.2, 0.25) is 0 Å². The molecule has 0 radical (unpaired) electrons. The number of anilines is 1. The molecule has 1 aromatic carbocycles. The molecule has 0 spiro atoms. The van der Waals surface area contributed by atoms with Crippen LogP contribution in [-0.2, 0) is 0 Å². The summed E-state index contributed by atoms with van der Waals surface area (Å²) in [5.41, 5.74) is 3.19. The maximum absolute atomic E-state index is 12.4. The first-order valence-electron chi connectivity index (χ1n) is 8.36. The van der Waals surface area contributed by atoms with Crippen LogP contribution in [0.2, 0.25) is 0 Å². The summed E-state index contributed by atoms with van der Waals surface area (Å²) in [7, 11) is 2.04. The van der Waals surface area contributed by atoms with Gasteiger partial charge < -0.3 is 15.5 Å². The van der Waals surface area contributed by atoms with Crippen molar-refractivity contribution in [3.63, 3.8) is 0 Å². The van der Waals surface area contributed by atoms with E-state index in [0.29, 0.717) is 12.1 Å². The molecular weight excluding hydrogens is 316 g/mol.